The fraction of sp³-hybridized carbons (Fsp3) is 0.467. The van der Waals surface area contributed by atoms with Crippen LogP contribution in [0.4, 0.5) is 0 Å². The lowest BCUT2D eigenvalue weighted by molar-refractivity contribution is 0.637. The normalized spacial score (nSPS) is 23.2. The molecule has 1 aliphatic heterocycles. The van der Waals surface area contributed by atoms with Crippen LogP contribution in [-0.2, 0) is 10.8 Å². The van der Waals surface area contributed by atoms with Gasteiger partial charge in [0.25, 0.3) is 0 Å². The Morgan fingerprint density at radius 2 is 2.00 bits per heavy atom. The van der Waals surface area contributed by atoms with E-state index in [2.05, 4.69) is 11.6 Å². The topological polar surface area (TPSA) is 53.3 Å². The van der Waals surface area contributed by atoms with Crippen molar-refractivity contribution in [2.45, 2.75) is 45.8 Å². The first-order chi connectivity index (χ1) is 8.65. The summed E-state index contributed by atoms with van der Waals surface area (Å²) in [5.41, 5.74) is 2.97. The van der Waals surface area contributed by atoms with Crippen molar-refractivity contribution < 1.29 is 4.21 Å². The molecule has 0 radical (unpaired) electrons. The van der Waals surface area contributed by atoms with Crippen LogP contribution < -0.4 is 0 Å². The lowest BCUT2D eigenvalue weighted by atomic mass is 10.1. The minimum Gasteiger partial charge on any atom is -0.306 e. The first-order valence-electron chi connectivity index (χ1n) is 6.24. The molecule has 19 heavy (non-hydrogen) atoms. The van der Waals surface area contributed by atoms with E-state index < -0.39 is 10.8 Å². The van der Waals surface area contributed by atoms with Crippen LogP contribution >= 0.6 is 0 Å². The summed E-state index contributed by atoms with van der Waals surface area (Å²) in [6.07, 6.45) is 4.21. The Morgan fingerprint density at radius 3 is 2.42 bits per heavy atom. The third-order valence-corrected chi connectivity index (χ3v) is 5.02. The lowest BCUT2D eigenvalue weighted by Gasteiger charge is -2.15. The predicted octanol–water partition coefficient (Wildman–Crippen LogP) is 3.76. The van der Waals surface area contributed by atoms with E-state index in [0.29, 0.717) is 5.71 Å². The zero-order chi connectivity index (χ0) is 14.8. The van der Waals surface area contributed by atoms with Crippen molar-refractivity contribution in [1.29, 1.82) is 5.41 Å². The quantitative estimate of drug-likeness (QED) is 0.618. The van der Waals surface area contributed by atoms with E-state index in [0.717, 1.165) is 28.3 Å². The highest BCUT2D eigenvalue weighted by molar-refractivity contribution is 7.90. The number of nitrogens with one attached hydrogen (secondary N) is 1. The van der Waals surface area contributed by atoms with Crippen LogP contribution in [0, 0.1) is 5.41 Å². The molecule has 0 fully saturated rings. The van der Waals surface area contributed by atoms with E-state index in [1.165, 1.54) is 0 Å². The summed E-state index contributed by atoms with van der Waals surface area (Å²) < 4.78 is 11.9. The molecular weight excluding hydrogens is 256 g/mol. The van der Waals surface area contributed by atoms with Crippen molar-refractivity contribution in [3.05, 3.63) is 34.9 Å². The predicted molar refractivity (Wildman–Crippen MR) is 84.3 cm³/mol. The summed E-state index contributed by atoms with van der Waals surface area (Å²) in [4.78, 5) is 5.43. The smallest absolute Gasteiger partial charge is 0.0564 e. The van der Waals surface area contributed by atoms with Gasteiger partial charge in [0.2, 0.25) is 0 Å². The van der Waals surface area contributed by atoms with Crippen LogP contribution in [0.15, 0.2) is 39.9 Å². The molecule has 0 saturated heterocycles. The Hall–Kier alpha value is -1.29. The number of allylic oxidation sites excluding steroid dienone is 5. The van der Waals surface area contributed by atoms with Gasteiger partial charge in [0.1, 0.15) is 0 Å². The van der Waals surface area contributed by atoms with Gasteiger partial charge < -0.3 is 5.41 Å². The number of nitrogens with zero attached hydrogens (tertiary/aromatic N) is 1. The Balaban J connectivity index is 2.95. The van der Waals surface area contributed by atoms with Gasteiger partial charge in [-0.25, -0.2) is 0 Å². The molecule has 4 heteroatoms. The molecule has 0 aromatic heterocycles. The van der Waals surface area contributed by atoms with Gasteiger partial charge in [-0.3, -0.25) is 9.20 Å². The molecule has 1 atom stereocenters. The average molecular weight is 278 g/mol. The third-order valence-electron chi connectivity index (χ3n) is 3.08. The van der Waals surface area contributed by atoms with Gasteiger partial charge in [-0.1, -0.05) is 12.7 Å². The molecule has 1 unspecified atom stereocenters. The van der Waals surface area contributed by atoms with E-state index in [9.17, 15) is 4.21 Å². The molecule has 0 amide bonds. The van der Waals surface area contributed by atoms with Crippen molar-refractivity contribution in [3.63, 3.8) is 0 Å². The molecule has 3 nitrogen and oxygen atoms in total. The van der Waals surface area contributed by atoms with Crippen molar-refractivity contribution in [2.24, 2.45) is 4.99 Å². The average Bonchev–Trinajstić information content (AvgIpc) is 2.49. The fourth-order valence-electron chi connectivity index (χ4n) is 1.85. The molecular formula is C15H22N2OS. The first-order valence-corrected chi connectivity index (χ1v) is 7.39. The first kappa shape index (κ1) is 15.8. The summed E-state index contributed by atoms with van der Waals surface area (Å²) in [7, 11) is -0.958. The van der Waals surface area contributed by atoms with Crippen molar-refractivity contribution in [3.8, 4) is 0 Å². The molecule has 0 spiro atoms. The molecule has 1 rings (SSSR count). The summed E-state index contributed by atoms with van der Waals surface area (Å²) >= 11 is 0. The van der Waals surface area contributed by atoms with Crippen LogP contribution in [-0.4, -0.2) is 20.4 Å². The van der Waals surface area contributed by atoms with E-state index in [1.807, 2.05) is 27.7 Å². The second-order valence-electron chi connectivity index (χ2n) is 5.45. The van der Waals surface area contributed by atoms with E-state index in [4.69, 9.17) is 5.41 Å². The Labute approximate surface area is 118 Å². The molecule has 0 aromatic rings. The Bertz CT molecular complexity index is 536. The van der Waals surface area contributed by atoms with Crippen molar-refractivity contribution in [2.75, 3.05) is 0 Å². The Morgan fingerprint density at radius 1 is 1.42 bits per heavy atom. The number of hydrogen-bond acceptors (Lipinski definition) is 3. The van der Waals surface area contributed by atoms with Gasteiger partial charge in [0.15, 0.2) is 0 Å². The van der Waals surface area contributed by atoms with Gasteiger partial charge in [-0.2, -0.15) is 0 Å². The number of hydrogen-bond donors (Lipinski definition) is 1. The highest BCUT2D eigenvalue weighted by Gasteiger charge is 2.36. The third kappa shape index (κ3) is 3.83. The van der Waals surface area contributed by atoms with Crippen LogP contribution in [0.2, 0.25) is 0 Å². The molecule has 1 heterocycles. The van der Waals surface area contributed by atoms with Crippen molar-refractivity contribution >= 4 is 22.2 Å². The summed E-state index contributed by atoms with van der Waals surface area (Å²) in [6.45, 7) is 13.4. The SMILES string of the molecule is C=C(/C=C\C(C)=N)C(C)=NC1=C(C)S(=O)C(C)(C)C1. The molecule has 0 aromatic carbocycles. The molecule has 0 bridgehead atoms. The molecule has 1 N–H and O–H groups in total. The lowest BCUT2D eigenvalue weighted by Crippen LogP contribution is -2.21. The maximum absolute atomic E-state index is 12.1. The van der Waals surface area contributed by atoms with Gasteiger partial charge in [0.05, 0.1) is 21.2 Å². The monoisotopic (exact) mass is 278 g/mol. The summed E-state index contributed by atoms with van der Waals surface area (Å²) in [5, 5.41) is 7.35. The highest BCUT2D eigenvalue weighted by atomic mass is 32.2. The van der Waals surface area contributed by atoms with Gasteiger partial charge >= 0.3 is 0 Å². The van der Waals surface area contributed by atoms with Crippen LogP contribution in [0.25, 0.3) is 0 Å². The van der Waals surface area contributed by atoms with E-state index in [-0.39, 0.29) is 4.75 Å². The zero-order valence-corrected chi connectivity index (χ0v) is 13.1. The maximum Gasteiger partial charge on any atom is 0.0564 e. The molecule has 1 aliphatic rings. The summed E-state index contributed by atoms with van der Waals surface area (Å²) in [5.74, 6) is 0. The second-order valence-corrected chi connectivity index (χ2v) is 7.70. The highest BCUT2D eigenvalue weighted by Crippen LogP contribution is 2.37. The number of aliphatic imine (C=N–C) groups is 1. The minimum absolute atomic E-state index is 0.230. The van der Waals surface area contributed by atoms with E-state index in [1.54, 1.807) is 19.1 Å². The summed E-state index contributed by atoms with van der Waals surface area (Å²) in [6, 6.07) is 0. The van der Waals surface area contributed by atoms with Crippen LogP contribution in [0.1, 0.15) is 41.0 Å². The van der Waals surface area contributed by atoms with Gasteiger partial charge in [-0.05, 0) is 46.3 Å². The number of rotatable bonds is 4. The maximum atomic E-state index is 12.1. The molecule has 104 valence electrons. The molecule has 0 saturated carbocycles. The molecule has 0 aliphatic carbocycles. The second kappa shape index (κ2) is 5.78. The van der Waals surface area contributed by atoms with E-state index >= 15 is 0 Å². The van der Waals surface area contributed by atoms with Crippen LogP contribution in [0.3, 0.4) is 0 Å². The van der Waals surface area contributed by atoms with Gasteiger partial charge in [0, 0.05) is 22.7 Å². The minimum atomic E-state index is -0.958. The van der Waals surface area contributed by atoms with Gasteiger partial charge in [-0.15, -0.1) is 0 Å². The Kier molecular flexibility index (Phi) is 4.80. The largest absolute Gasteiger partial charge is 0.306 e. The fourth-order valence-corrected chi connectivity index (χ4v) is 3.28. The van der Waals surface area contributed by atoms with Crippen LogP contribution in [0.5, 0.6) is 0 Å². The zero-order valence-electron chi connectivity index (χ0n) is 12.3. The standard InChI is InChI=1S/C15H22N2OS/c1-10(7-8-11(2)16)12(3)17-14-9-15(5,6)19(18)13(14)4/h7-8,16H,1,9H2,2-6H3/b8-7-,16-11?,17-12?. The van der Waals surface area contributed by atoms with Crippen molar-refractivity contribution in [1.82, 2.24) is 0 Å².